The molecule has 0 saturated heterocycles. The minimum Gasteiger partial charge on any atom is -0.350 e. The van der Waals surface area contributed by atoms with E-state index in [1.165, 1.54) is 4.90 Å². The van der Waals surface area contributed by atoms with E-state index in [9.17, 15) is 18.0 Å². The number of hydrogen-bond donors (Lipinski definition) is 1. The van der Waals surface area contributed by atoms with Crippen LogP contribution in [0.15, 0.2) is 78.9 Å². The second kappa shape index (κ2) is 12.5. The number of rotatable bonds is 10. The van der Waals surface area contributed by atoms with Crippen LogP contribution in [0.25, 0.3) is 0 Å². The third kappa shape index (κ3) is 8.68. The Hall–Kier alpha value is -3.65. The summed E-state index contributed by atoms with van der Waals surface area (Å²) in [6.07, 6.45) is 1.37. The molecule has 0 radical (unpaired) electrons. The van der Waals surface area contributed by atoms with Gasteiger partial charge in [0.25, 0.3) is 0 Å². The molecule has 2 amide bonds. The summed E-state index contributed by atoms with van der Waals surface area (Å²) in [5, 5.41) is 3.03. The van der Waals surface area contributed by atoms with Gasteiger partial charge in [0.15, 0.2) is 0 Å². The maximum Gasteiger partial charge on any atom is 0.244 e. The van der Waals surface area contributed by atoms with Crippen LogP contribution in [0, 0.1) is 13.8 Å². The molecule has 0 heterocycles. The first kappa shape index (κ1) is 29.9. The number of carbonyl (C=O) groups excluding carboxylic acids is 2. The van der Waals surface area contributed by atoms with Gasteiger partial charge >= 0.3 is 0 Å². The van der Waals surface area contributed by atoms with Crippen molar-refractivity contribution in [3.63, 3.8) is 0 Å². The van der Waals surface area contributed by atoms with Crippen molar-refractivity contribution in [2.45, 2.75) is 59.2 Å². The quantitative estimate of drug-likeness (QED) is 0.400. The fourth-order valence-corrected chi connectivity index (χ4v) is 5.36. The number of nitrogens with one attached hydrogen (secondary N) is 1. The number of aryl methyl sites for hydroxylation is 2. The fourth-order valence-electron chi connectivity index (χ4n) is 4.45. The SMILES string of the molecule is Cc1cccc(CN(C(=O)CN(c2ccccc2C)S(C)(=O)=O)[C@H](Cc2ccccc2)C(=O)NC(C)(C)C)c1. The molecule has 0 fully saturated rings. The zero-order chi connectivity index (χ0) is 28.8. The maximum atomic E-state index is 14.1. The zero-order valence-corrected chi connectivity index (χ0v) is 24.5. The van der Waals surface area contributed by atoms with E-state index in [1.807, 2.05) is 88.4 Å². The molecule has 0 spiro atoms. The lowest BCUT2D eigenvalue weighted by Crippen LogP contribution is -2.56. The third-order valence-corrected chi connectivity index (χ3v) is 7.39. The van der Waals surface area contributed by atoms with E-state index in [0.717, 1.165) is 32.8 Å². The number of benzene rings is 3. The zero-order valence-electron chi connectivity index (χ0n) is 23.6. The van der Waals surface area contributed by atoms with E-state index in [4.69, 9.17) is 0 Å². The standard InChI is InChI=1S/C31H39N3O4S/c1-23-13-12-17-26(19-23)21-33(28(30(36)32-31(3,4)5)20-25-15-8-7-9-16-25)29(35)22-34(39(6,37)38)27-18-11-10-14-24(27)2/h7-19,28H,20-22H2,1-6H3,(H,32,36)/t28-/m1/s1. The number of para-hydroxylation sites is 1. The Balaban J connectivity index is 2.09. The predicted octanol–water partition coefficient (Wildman–Crippen LogP) is 4.62. The van der Waals surface area contributed by atoms with Gasteiger partial charge in [-0.3, -0.25) is 13.9 Å². The van der Waals surface area contributed by atoms with Gasteiger partial charge in [-0.05, 0) is 57.4 Å². The molecule has 0 aliphatic rings. The van der Waals surface area contributed by atoms with Crippen LogP contribution in [0.3, 0.4) is 0 Å². The summed E-state index contributed by atoms with van der Waals surface area (Å²) < 4.78 is 26.9. The number of amides is 2. The lowest BCUT2D eigenvalue weighted by molar-refractivity contribution is -0.140. The molecule has 7 nitrogen and oxygen atoms in total. The Bertz CT molecular complexity index is 1400. The van der Waals surface area contributed by atoms with Crippen molar-refractivity contribution >= 4 is 27.5 Å². The van der Waals surface area contributed by atoms with Gasteiger partial charge in [0.05, 0.1) is 11.9 Å². The van der Waals surface area contributed by atoms with E-state index in [-0.39, 0.29) is 18.9 Å². The lowest BCUT2D eigenvalue weighted by atomic mass is 10.0. The topological polar surface area (TPSA) is 86.8 Å². The molecule has 8 heteroatoms. The van der Waals surface area contributed by atoms with Crippen molar-refractivity contribution in [3.8, 4) is 0 Å². The average molecular weight is 550 g/mol. The van der Waals surface area contributed by atoms with Gasteiger partial charge in [0, 0.05) is 18.5 Å². The molecule has 39 heavy (non-hydrogen) atoms. The van der Waals surface area contributed by atoms with Gasteiger partial charge in [-0.1, -0.05) is 78.4 Å². The van der Waals surface area contributed by atoms with E-state index in [2.05, 4.69) is 5.32 Å². The molecule has 0 aliphatic carbocycles. The van der Waals surface area contributed by atoms with Crippen LogP contribution in [0.1, 0.15) is 43.0 Å². The Morgan fingerprint density at radius 2 is 1.49 bits per heavy atom. The first-order valence-corrected chi connectivity index (χ1v) is 14.8. The summed E-state index contributed by atoms with van der Waals surface area (Å²) >= 11 is 0. The molecule has 3 aromatic rings. The summed E-state index contributed by atoms with van der Waals surface area (Å²) in [5.74, 6) is -0.760. The second-order valence-electron chi connectivity index (χ2n) is 11.0. The monoisotopic (exact) mass is 549 g/mol. The summed E-state index contributed by atoms with van der Waals surface area (Å²) in [5.41, 5.74) is 3.41. The van der Waals surface area contributed by atoms with Crippen molar-refractivity contribution in [1.29, 1.82) is 0 Å². The van der Waals surface area contributed by atoms with E-state index in [0.29, 0.717) is 5.69 Å². The van der Waals surface area contributed by atoms with Crippen molar-refractivity contribution in [2.75, 3.05) is 17.1 Å². The van der Waals surface area contributed by atoms with Crippen LogP contribution >= 0.6 is 0 Å². The molecular formula is C31H39N3O4S. The molecule has 0 aromatic heterocycles. The number of hydrogen-bond acceptors (Lipinski definition) is 4. The van der Waals surface area contributed by atoms with Gasteiger partial charge in [-0.2, -0.15) is 0 Å². The molecule has 0 saturated carbocycles. The van der Waals surface area contributed by atoms with Crippen LogP contribution in [-0.4, -0.2) is 49.5 Å². The van der Waals surface area contributed by atoms with Crippen LogP contribution in [0.2, 0.25) is 0 Å². The average Bonchev–Trinajstić information content (AvgIpc) is 2.84. The van der Waals surface area contributed by atoms with Crippen molar-refractivity contribution in [3.05, 3.63) is 101 Å². The minimum absolute atomic E-state index is 0.154. The number of sulfonamides is 1. The van der Waals surface area contributed by atoms with Gasteiger partial charge < -0.3 is 10.2 Å². The summed E-state index contributed by atoms with van der Waals surface area (Å²) in [6.45, 7) is 9.16. The maximum absolute atomic E-state index is 14.1. The Labute approximate surface area is 232 Å². The highest BCUT2D eigenvalue weighted by Gasteiger charge is 2.34. The van der Waals surface area contributed by atoms with Gasteiger partial charge in [0.2, 0.25) is 21.8 Å². The largest absolute Gasteiger partial charge is 0.350 e. The molecule has 1 N–H and O–H groups in total. The molecule has 0 aliphatic heterocycles. The van der Waals surface area contributed by atoms with Gasteiger partial charge in [0.1, 0.15) is 12.6 Å². The van der Waals surface area contributed by atoms with Gasteiger partial charge in [-0.25, -0.2) is 8.42 Å². The first-order chi connectivity index (χ1) is 18.2. The van der Waals surface area contributed by atoms with Gasteiger partial charge in [-0.15, -0.1) is 0 Å². The molecule has 3 rings (SSSR count). The highest BCUT2D eigenvalue weighted by atomic mass is 32.2. The van der Waals surface area contributed by atoms with Crippen LogP contribution < -0.4 is 9.62 Å². The molecule has 0 unspecified atom stereocenters. The highest BCUT2D eigenvalue weighted by molar-refractivity contribution is 7.92. The molecule has 3 aromatic carbocycles. The number of nitrogens with zero attached hydrogens (tertiary/aromatic N) is 2. The predicted molar refractivity (Wildman–Crippen MR) is 157 cm³/mol. The van der Waals surface area contributed by atoms with E-state index in [1.54, 1.807) is 25.1 Å². The van der Waals surface area contributed by atoms with Crippen LogP contribution in [0.4, 0.5) is 5.69 Å². The highest BCUT2D eigenvalue weighted by Crippen LogP contribution is 2.24. The van der Waals surface area contributed by atoms with E-state index >= 15 is 0 Å². The van der Waals surface area contributed by atoms with E-state index < -0.39 is 34.1 Å². The number of anilines is 1. The molecule has 1 atom stereocenters. The fraction of sp³-hybridized carbons (Fsp3) is 0.355. The number of carbonyl (C=O) groups is 2. The van der Waals surface area contributed by atoms with Crippen molar-refractivity contribution in [1.82, 2.24) is 10.2 Å². The normalized spacial score (nSPS) is 12.5. The minimum atomic E-state index is -3.80. The summed E-state index contributed by atoms with van der Waals surface area (Å²) in [6, 6.07) is 23.5. The Morgan fingerprint density at radius 1 is 0.872 bits per heavy atom. The lowest BCUT2D eigenvalue weighted by Gasteiger charge is -2.35. The van der Waals surface area contributed by atoms with Crippen molar-refractivity contribution < 1.29 is 18.0 Å². The Morgan fingerprint density at radius 3 is 2.08 bits per heavy atom. The first-order valence-electron chi connectivity index (χ1n) is 13.0. The van der Waals surface area contributed by atoms with Crippen LogP contribution in [-0.2, 0) is 32.6 Å². The smallest absolute Gasteiger partial charge is 0.244 e. The molecule has 0 bridgehead atoms. The summed E-state index contributed by atoms with van der Waals surface area (Å²) in [4.78, 5) is 29.4. The second-order valence-corrected chi connectivity index (χ2v) is 12.9. The Kier molecular flexibility index (Phi) is 9.56. The summed E-state index contributed by atoms with van der Waals surface area (Å²) in [7, 11) is -3.80. The van der Waals surface area contributed by atoms with Crippen LogP contribution in [0.5, 0.6) is 0 Å². The third-order valence-electron chi connectivity index (χ3n) is 6.27. The van der Waals surface area contributed by atoms with Crippen molar-refractivity contribution in [2.24, 2.45) is 0 Å². The molecule has 208 valence electrons. The molecular weight excluding hydrogens is 510 g/mol.